The number of para-hydroxylation sites is 1. The van der Waals surface area contributed by atoms with Crippen LogP contribution in [0.25, 0.3) is 83.9 Å². The lowest BCUT2D eigenvalue weighted by atomic mass is 9.83. The Balaban J connectivity index is 1.39. The summed E-state index contributed by atoms with van der Waals surface area (Å²) < 4.78 is 47.6. The SMILES string of the molecule is [2H]C([2H])([2H])c1cc(-c2ccc(C(C)(C)C)cc2)c(-n2c(-c3cc(C([2H])(C)C)cc(C([2H])(C)C)c3O)nc3c(-c4cc(-c5cc(-c6ccc(C(C)(C)C)cc6)ccn5)cc(C(C)(C)C)c4)cccc32)cc1-c1ccccc1. The van der Waals surface area contributed by atoms with E-state index in [9.17, 15) is 7.85 Å². The number of benzene rings is 7. The van der Waals surface area contributed by atoms with Gasteiger partial charge in [-0.25, -0.2) is 4.98 Å². The number of pyridine rings is 1. The van der Waals surface area contributed by atoms with E-state index < -0.39 is 18.6 Å². The second kappa shape index (κ2) is 18.6. The van der Waals surface area contributed by atoms with Crippen molar-refractivity contribution in [1.82, 2.24) is 14.5 Å². The minimum absolute atomic E-state index is 0.0341. The van der Waals surface area contributed by atoms with Crippen molar-refractivity contribution in [2.45, 2.75) is 125 Å². The summed E-state index contributed by atoms with van der Waals surface area (Å²) in [4.78, 5) is 10.6. The third kappa shape index (κ3) is 9.74. The Morgan fingerprint density at radius 3 is 1.73 bits per heavy atom. The van der Waals surface area contributed by atoms with Crippen molar-refractivity contribution in [3.05, 3.63) is 191 Å². The number of rotatable bonds is 9. The Hall–Kier alpha value is -7.04. The van der Waals surface area contributed by atoms with Crippen molar-refractivity contribution in [3.8, 4) is 78.6 Å². The van der Waals surface area contributed by atoms with Gasteiger partial charge in [-0.3, -0.25) is 9.55 Å². The first-order valence-corrected chi connectivity index (χ1v) is 24.9. The molecule has 0 fully saturated rings. The van der Waals surface area contributed by atoms with E-state index in [0.717, 1.165) is 55.8 Å². The zero-order chi connectivity index (χ0) is 55.1. The first-order valence-electron chi connectivity index (χ1n) is 27.4. The number of hydrogen-bond acceptors (Lipinski definition) is 3. The fraction of sp³-hybridized carbons (Fsp3) is 0.284. The second-order valence-corrected chi connectivity index (χ2v) is 22.8. The van der Waals surface area contributed by atoms with E-state index in [1.165, 1.54) is 5.56 Å². The summed E-state index contributed by atoms with van der Waals surface area (Å²) >= 11 is 0. The predicted molar refractivity (Wildman–Crippen MR) is 302 cm³/mol. The summed E-state index contributed by atoms with van der Waals surface area (Å²) in [5.74, 6) is -2.10. The number of phenolic OH excluding ortho intramolecular Hbond substituents is 1. The van der Waals surface area contributed by atoms with E-state index >= 15 is 0 Å². The lowest BCUT2D eigenvalue weighted by molar-refractivity contribution is 0.466. The molecule has 2 aromatic heterocycles. The first-order chi connectivity index (χ1) is 35.4. The number of aryl methyl sites for hydroxylation is 1. The summed E-state index contributed by atoms with van der Waals surface area (Å²) in [5.41, 5.74) is 15.1. The molecule has 9 aromatic rings. The number of imidazole rings is 1. The van der Waals surface area contributed by atoms with Crippen LogP contribution in [0.4, 0.5) is 0 Å². The minimum atomic E-state index is -2.49. The van der Waals surface area contributed by atoms with Gasteiger partial charge in [0.15, 0.2) is 0 Å². The molecule has 0 amide bonds. The first kappa shape index (κ1) is 42.8. The molecule has 7 aromatic carbocycles. The molecule has 0 unspecified atom stereocenters. The van der Waals surface area contributed by atoms with Crippen molar-refractivity contribution in [2.75, 3.05) is 0 Å². The van der Waals surface area contributed by atoms with Crippen LogP contribution in [-0.4, -0.2) is 19.6 Å². The van der Waals surface area contributed by atoms with Crippen LogP contribution >= 0.6 is 0 Å². The van der Waals surface area contributed by atoms with Gasteiger partial charge in [-0.15, -0.1) is 0 Å². The highest BCUT2D eigenvalue weighted by Crippen LogP contribution is 2.46. The topological polar surface area (TPSA) is 50.9 Å². The van der Waals surface area contributed by atoms with Crippen LogP contribution in [0.5, 0.6) is 5.75 Å². The van der Waals surface area contributed by atoms with Crippen LogP contribution in [0, 0.1) is 6.85 Å². The fourth-order valence-electron chi connectivity index (χ4n) is 9.54. The van der Waals surface area contributed by atoms with Gasteiger partial charge in [0.25, 0.3) is 0 Å². The molecule has 0 aliphatic carbocycles. The third-order valence-corrected chi connectivity index (χ3v) is 13.9. The third-order valence-electron chi connectivity index (χ3n) is 13.9. The van der Waals surface area contributed by atoms with Crippen molar-refractivity contribution in [1.29, 1.82) is 0 Å². The normalized spacial score (nSPS) is 13.9. The largest absolute Gasteiger partial charge is 0.507 e. The highest BCUT2D eigenvalue weighted by molar-refractivity contribution is 5.98. The molecular weight excluding hydrogens is 863 g/mol. The zero-order valence-electron chi connectivity index (χ0n) is 48.8. The Bertz CT molecular complexity index is 3630. The second-order valence-electron chi connectivity index (χ2n) is 22.8. The van der Waals surface area contributed by atoms with E-state index in [4.69, 9.17) is 14.1 Å². The maximum absolute atomic E-state index is 12.7. The molecule has 1 N–H and O–H groups in total. The van der Waals surface area contributed by atoms with E-state index in [1.54, 1.807) is 39.8 Å². The molecule has 71 heavy (non-hydrogen) atoms. The standard InChI is InChI=1S/C67H71N3O/c1-41(2)48-37-55(42(3)4)63(71)58(38-48)64-69-62-54(49-34-50(36-53(35-49)67(12,13)14)59-39-47(31-32-68-59)44-23-27-51(28-24-44)65(6,7)8)21-18-22-60(62)70(64)61-40-56(45-19-16-15-17-20-45)43(5)33-57(61)46-25-29-52(30-26-46)66(9,10)11/h15-42,71H,1-14H3/i5D3,41D,42D. The average Bonchev–Trinajstić information content (AvgIpc) is 3.74. The van der Waals surface area contributed by atoms with Crippen molar-refractivity contribution in [3.63, 3.8) is 0 Å². The van der Waals surface area contributed by atoms with Gasteiger partial charge < -0.3 is 5.11 Å². The summed E-state index contributed by atoms with van der Waals surface area (Å²) in [6.45, 7) is 24.4. The smallest absolute Gasteiger partial charge is 0.149 e. The number of fused-ring (bicyclic) bond motifs is 1. The predicted octanol–water partition coefficient (Wildman–Crippen LogP) is 18.6. The van der Waals surface area contributed by atoms with E-state index in [0.29, 0.717) is 50.4 Å². The maximum Gasteiger partial charge on any atom is 0.149 e. The van der Waals surface area contributed by atoms with Crippen LogP contribution in [-0.2, 0) is 16.2 Å². The van der Waals surface area contributed by atoms with Gasteiger partial charge in [0.2, 0.25) is 0 Å². The Labute approximate surface area is 430 Å². The van der Waals surface area contributed by atoms with Crippen LogP contribution in [0.1, 0.15) is 142 Å². The van der Waals surface area contributed by atoms with Crippen molar-refractivity contribution in [2.24, 2.45) is 0 Å². The Morgan fingerprint density at radius 1 is 0.507 bits per heavy atom. The summed E-state index contributed by atoms with van der Waals surface area (Å²) in [7, 11) is 0. The molecule has 0 saturated carbocycles. The van der Waals surface area contributed by atoms with E-state index in [1.807, 2.05) is 65.4 Å². The monoisotopic (exact) mass is 939 g/mol. The lowest BCUT2D eigenvalue weighted by Gasteiger charge is -2.22. The van der Waals surface area contributed by atoms with Gasteiger partial charge in [-0.1, -0.05) is 193 Å². The van der Waals surface area contributed by atoms with Crippen LogP contribution < -0.4 is 0 Å². The zero-order valence-corrected chi connectivity index (χ0v) is 43.8. The van der Waals surface area contributed by atoms with Gasteiger partial charge in [0, 0.05) is 29.7 Å². The van der Waals surface area contributed by atoms with E-state index in [-0.39, 0.29) is 27.6 Å². The summed E-state index contributed by atoms with van der Waals surface area (Å²) in [6.07, 6.45) is 1.88. The van der Waals surface area contributed by atoms with Gasteiger partial charge in [-0.05, 0) is 150 Å². The molecule has 360 valence electrons. The number of hydrogen-bond donors (Lipinski definition) is 1. The number of aromatic hydroxyl groups is 1. The van der Waals surface area contributed by atoms with Gasteiger partial charge >= 0.3 is 0 Å². The maximum atomic E-state index is 12.7. The molecular formula is C67H71N3O. The molecule has 0 saturated heterocycles. The number of nitrogens with zero attached hydrogens (tertiary/aromatic N) is 3. The fourth-order valence-corrected chi connectivity index (χ4v) is 9.54. The van der Waals surface area contributed by atoms with Crippen LogP contribution in [0.3, 0.4) is 0 Å². The van der Waals surface area contributed by atoms with Crippen LogP contribution in [0.15, 0.2) is 158 Å². The molecule has 0 atom stereocenters. The molecule has 0 aliphatic heterocycles. The van der Waals surface area contributed by atoms with Crippen molar-refractivity contribution < 1.29 is 12.0 Å². The molecule has 0 radical (unpaired) electrons. The molecule has 2 heterocycles. The van der Waals surface area contributed by atoms with Gasteiger partial charge in [0.05, 0.1) is 28.0 Å². The highest BCUT2D eigenvalue weighted by atomic mass is 16.3. The van der Waals surface area contributed by atoms with E-state index in [2.05, 4.69) is 147 Å². The Kier molecular flexibility index (Phi) is 11.2. The summed E-state index contributed by atoms with van der Waals surface area (Å²) in [6, 6.07) is 51.0. The van der Waals surface area contributed by atoms with Gasteiger partial charge in [-0.2, -0.15) is 0 Å². The Morgan fingerprint density at radius 2 is 1.13 bits per heavy atom. The number of phenols is 1. The average molecular weight is 939 g/mol. The minimum Gasteiger partial charge on any atom is -0.507 e. The summed E-state index contributed by atoms with van der Waals surface area (Å²) in [5, 5.41) is 12.7. The molecule has 0 bridgehead atoms. The molecule has 9 rings (SSSR count). The highest BCUT2D eigenvalue weighted by Gasteiger charge is 2.27. The lowest BCUT2D eigenvalue weighted by Crippen LogP contribution is -2.11. The quantitative estimate of drug-likeness (QED) is 0.157. The number of aromatic nitrogens is 3. The molecule has 4 heteroatoms. The van der Waals surface area contributed by atoms with Crippen molar-refractivity contribution >= 4 is 11.0 Å². The molecule has 0 spiro atoms. The van der Waals surface area contributed by atoms with Gasteiger partial charge in [0.1, 0.15) is 11.6 Å². The molecule has 0 aliphatic rings. The molecule has 4 nitrogen and oxygen atoms in total. The van der Waals surface area contributed by atoms with Crippen LogP contribution in [0.2, 0.25) is 0 Å².